The summed E-state index contributed by atoms with van der Waals surface area (Å²) < 4.78 is 32.0. The van der Waals surface area contributed by atoms with E-state index in [4.69, 9.17) is 10.00 Å². The monoisotopic (exact) mass is 406 g/mol. The van der Waals surface area contributed by atoms with Gasteiger partial charge >= 0.3 is 5.97 Å². The Kier molecular flexibility index (Phi) is 5.96. The summed E-state index contributed by atoms with van der Waals surface area (Å²) in [5, 5.41) is 9.08. The molecule has 0 saturated heterocycles. The van der Waals surface area contributed by atoms with Crippen molar-refractivity contribution in [2.45, 2.75) is 11.5 Å². The zero-order valence-electron chi connectivity index (χ0n) is 15.6. The molecule has 3 aromatic carbocycles. The number of hydrogen-bond donors (Lipinski definition) is 0. The van der Waals surface area contributed by atoms with Crippen LogP contribution in [0.1, 0.15) is 21.5 Å². The van der Waals surface area contributed by atoms with Crippen LogP contribution in [0.4, 0.5) is 5.69 Å². The molecule has 6 nitrogen and oxygen atoms in total. The van der Waals surface area contributed by atoms with Crippen LogP contribution in [-0.4, -0.2) is 21.4 Å². The summed E-state index contributed by atoms with van der Waals surface area (Å²) >= 11 is 0. The number of anilines is 1. The molecular formula is C22H18N2O4S. The van der Waals surface area contributed by atoms with Gasteiger partial charge in [-0.2, -0.15) is 5.26 Å². The van der Waals surface area contributed by atoms with E-state index in [1.807, 2.05) is 6.07 Å². The maximum absolute atomic E-state index is 12.8. The zero-order chi connectivity index (χ0) is 20.9. The number of carbonyl (C=O) groups excluding carboxylic acids is 1. The first-order chi connectivity index (χ1) is 13.9. The van der Waals surface area contributed by atoms with Crippen molar-refractivity contribution in [2.75, 3.05) is 11.4 Å². The highest BCUT2D eigenvalue weighted by Gasteiger charge is 2.21. The summed E-state index contributed by atoms with van der Waals surface area (Å²) in [6.07, 6.45) is 0. The third kappa shape index (κ3) is 4.45. The predicted octanol–water partition coefficient (Wildman–Crippen LogP) is 3.74. The van der Waals surface area contributed by atoms with Gasteiger partial charge in [-0.1, -0.05) is 36.4 Å². The maximum atomic E-state index is 12.8. The van der Waals surface area contributed by atoms with Crippen molar-refractivity contribution in [3.8, 4) is 6.07 Å². The molecule has 0 aliphatic carbocycles. The average molecular weight is 406 g/mol. The molecule has 0 bridgehead atoms. The van der Waals surface area contributed by atoms with Gasteiger partial charge in [0.15, 0.2) is 0 Å². The van der Waals surface area contributed by atoms with Gasteiger partial charge in [-0.3, -0.25) is 4.31 Å². The van der Waals surface area contributed by atoms with Gasteiger partial charge in [0, 0.05) is 12.6 Å². The average Bonchev–Trinajstić information content (AvgIpc) is 2.77. The molecule has 0 unspecified atom stereocenters. The standard InChI is InChI=1S/C22H18N2O4S/c1-24(20-9-3-2-4-10-20)29(26,27)21-13-11-17(12-14-21)22(25)28-16-19-8-6-5-7-18(19)15-23/h2-14H,16H2,1H3. The van der Waals surface area contributed by atoms with E-state index < -0.39 is 16.0 Å². The molecule has 0 spiro atoms. The van der Waals surface area contributed by atoms with E-state index in [2.05, 4.69) is 0 Å². The van der Waals surface area contributed by atoms with Crippen LogP contribution >= 0.6 is 0 Å². The van der Waals surface area contributed by atoms with Crippen LogP contribution in [-0.2, 0) is 21.4 Å². The van der Waals surface area contributed by atoms with Crippen LogP contribution in [0.5, 0.6) is 0 Å². The minimum atomic E-state index is -3.75. The summed E-state index contributed by atoms with van der Waals surface area (Å²) in [7, 11) is -2.28. The Morgan fingerprint density at radius 2 is 1.59 bits per heavy atom. The Labute approximate surface area is 169 Å². The molecular weight excluding hydrogens is 388 g/mol. The largest absolute Gasteiger partial charge is 0.457 e. The van der Waals surface area contributed by atoms with Crippen molar-refractivity contribution < 1.29 is 17.9 Å². The molecule has 0 atom stereocenters. The zero-order valence-corrected chi connectivity index (χ0v) is 16.5. The van der Waals surface area contributed by atoms with Crippen molar-refractivity contribution >= 4 is 21.7 Å². The molecule has 0 radical (unpaired) electrons. The third-order valence-electron chi connectivity index (χ3n) is 4.36. The number of sulfonamides is 1. The second-order valence-electron chi connectivity index (χ2n) is 6.18. The van der Waals surface area contributed by atoms with Crippen LogP contribution in [0, 0.1) is 11.3 Å². The number of nitrogens with zero attached hydrogens (tertiary/aromatic N) is 2. The predicted molar refractivity (Wildman–Crippen MR) is 109 cm³/mol. The second-order valence-corrected chi connectivity index (χ2v) is 8.15. The number of benzene rings is 3. The van der Waals surface area contributed by atoms with Crippen LogP contribution in [0.25, 0.3) is 0 Å². The Bertz CT molecular complexity index is 1150. The number of nitriles is 1. The highest BCUT2D eigenvalue weighted by Crippen LogP contribution is 2.22. The lowest BCUT2D eigenvalue weighted by molar-refractivity contribution is 0.0472. The van der Waals surface area contributed by atoms with E-state index in [1.54, 1.807) is 54.6 Å². The van der Waals surface area contributed by atoms with E-state index in [9.17, 15) is 13.2 Å². The molecule has 0 fully saturated rings. The quantitative estimate of drug-likeness (QED) is 0.582. The Hall–Kier alpha value is -3.63. The normalized spacial score (nSPS) is 10.8. The molecule has 3 rings (SSSR count). The molecule has 0 heterocycles. The van der Waals surface area contributed by atoms with Crippen LogP contribution in [0.3, 0.4) is 0 Å². The van der Waals surface area contributed by atoms with Crippen molar-refractivity contribution in [1.82, 2.24) is 0 Å². The Morgan fingerprint density at radius 1 is 0.966 bits per heavy atom. The number of esters is 1. The second kappa shape index (κ2) is 8.59. The highest BCUT2D eigenvalue weighted by atomic mass is 32.2. The van der Waals surface area contributed by atoms with Gasteiger partial charge in [-0.25, -0.2) is 13.2 Å². The number of rotatable bonds is 6. The molecule has 0 aliphatic heterocycles. The van der Waals surface area contributed by atoms with E-state index in [0.717, 1.165) is 0 Å². The molecule has 7 heteroatoms. The van der Waals surface area contributed by atoms with Crippen LogP contribution in [0.2, 0.25) is 0 Å². The van der Waals surface area contributed by atoms with Gasteiger partial charge in [-0.05, 0) is 42.5 Å². The molecule has 29 heavy (non-hydrogen) atoms. The van der Waals surface area contributed by atoms with Gasteiger partial charge in [0.1, 0.15) is 6.61 Å². The fourth-order valence-corrected chi connectivity index (χ4v) is 3.88. The summed E-state index contributed by atoms with van der Waals surface area (Å²) in [5.41, 5.74) is 1.80. The number of ether oxygens (including phenoxy) is 1. The molecule has 0 saturated carbocycles. The summed E-state index contributed by atoms with van der Waals surface area (Å²) in [6, 6.07) is 23.1. The molecule has 0 aromatic heterocycles. The highest BCUT2D eigenvalue weighted by molar-refractivity contribution is 7.92. The maximum Gasteiger partial charge on any atom is 0.338 e. The van der Waals surface area contributed by atoms with E-state index >= 15 is 0 Å². The molecule has 0 N–H and O–H groups in total. The fraction of sp³-hybridized carbons (Fsp3) is 0.0909. The van der Waals surface area contributed by atoms with Gasteiger partial charge in [0.2, 0.25) is 0 Å². The first kappa shape index (κ1) is 20.1. The van der Waals surface area contributed by atoms with Crippen molar-refractivity contribution in [3.63, 3.8) is 0 Å². The molecule has 3 aromatic rings. The number of para-hydroxylation sites is 1. The summed E-state index contributed by atoms with van der Waals surface area (Å²) in [4.78, 5) is 12.3. The first-order valence-corrected chi connectivity index (χ1v) is 10.2. The lowest BCUT2D eigenvalue weighted by Gasteiger charge is -2.19. The van der Waals surface area contributed by atoms with Gasteiger partial charge in [0.05, 0.1) is 27.8 Å². The van der Waals surface area contributed by atoms with Gasteiger partial charge in [-0.15, -0.1) is 0 Å². The SMILES string of the molecule is CN(c1ccccc1)S(=O)(=O)c1ccc(C(=O)OCc2ccccc2C#N)cc1. The minimum absolute atomic E-state index is 0.0423. The van der Waals surface area contributed by atoms with Crippen molar-refractivity contribution in [3.05, 3.63) is 95.6 Å². The minimum Gasteiger partial charge on any atom is -0.457 e. The smallest absolute Gasteiger partial charge is 0.338 e. The first-order valence-electron chi connectivity index (χ1n) is 8.72. The van der Waals surface area contributed by atoms with Crippen LogP contribution in [0.15, 0.2) is 83.8 Å². The summed E-state index contributed by atoms with van der Waals surface area (Å²) in [6.45, 7) is -0.0423. The lowest BCUT2D eigenvalue weighted by atomic mass is 10.1. The van der Waals surface area contributed by atoms with E-state index in [-0.39, 0.29) is 17.1 Å². The lowest BCUT2D eigenvalue weighted by Crippen LogP contribution is -2.26. The number of hydrogen-bond acceptors (Lipinski definition) is 5. The molecule has 0 aliphatic rings. The third-order valence-corrected chi connectivity index (χ3v) is 6.16. The molecule has 0 amide bonds. The van der Waals surface area contributed by atoms with E-state index in [1.165, 1.54) is 35.6 Å². The fourth-order valence-electron chi connectivity index (χ4n) is 2.68. The molecule has 146 valence electrons. The van der Waals surface area contributed by atoms with Crippen molar-refractivity contribution in [1.29, 1.82) is 5.26 Å². The van der Waals surface area contributed by atoms with E-state index in [0.29, 0.717) is 16.8 Å². The van der Waals surface area contributed by atoms with Crippen molar-refractivity contribution in [2.24, 2.45) is 0 Å². The number of carbonyl (C=O) groups is 1. The van der Waals surface area contributed by atoms with Gasteiger partial charge < -0.3 is 4.74 Å². The Morgan fingerprint density at radius 3 is 2.24 bits per heavy atom. The summed E-state index contributed by atoms with van der Waals surface area (Å²) in [5.74, 6) is -0.599. The van der Waals surface area contributed by atoms with Gasteiger partial charge in [0.25, 0.3) is 10.0 Å². The Balaban J connectivity index is 1.72. The topological polar surface area (TPSA) is 87.5 Å². The van der Waals surface area contributed by atoms with Crippen LogP contribution < -0.4 is 4.31 Å².